The van der Waals surface area contributed by atoms with E-state index >= 15 is 0 Å². The molecular weight excluding hydrogens is 345 g/mol. The highest BCUT2D eigenvalue weighted by Crippen LogP contribution is 2.21. The molecule has 1 aliphatic heterocycles. The zero-order valence-electron chi connectivity index (χ0n) is 13.7. The maximum atomic E-state index is 6.20. The number of aromatic nitrogens is 2. The van der Waals surface area contributed by atoms with Gasteiger partial charge in [0.15, 0.2) is 0 Å². The monoisotopic (exact) mass is 365 g/mol. The third-order valence-electron chi connectivity index (χ3n) is 4.20. The fraction of sp³-hybridized carbons (Fsp3) is 0.412. The van der Waals surface area contributed by atoms with Crippen LogP contribution in [-0.4, -0.2) is 54.6 Å². The van der Waals surface area contributed by atoms with Crippen molar-refractivity contribution in [3.63, 3.8) is 0 Å². The van der Waals surface area contributed by atoms with Gasteiger partial charge in [-0.3, -0.25) is 0 Å². The molecule has 1 fully saturated rings. The van der Waals surface area contributed by atoms with Gasteiger partial charge in [-0.1, -0.05) is 29.3 Å². The van der Waals surface area contributed by atoms with E-state index in [1.54, 1.807) is 12.4 Å². The highest BCUT2D eigenvalue weighted by molar-refractivity contribution is 6.35. The van der Waals surface area contributed by atoms with Crippen molar-refractivity contribution in [2.75, 3.05) is 50.0 Å². The summed E-state index contributed by atoms with van der Waals surface area (Å²) < 4.78 is 0. The van der Waals surface area contributed by atoms with Crippen molar-refractivity contribution in [3.8, 4) is 0 Å². The second kappa shape index (κ2) is 8.01. The third kappa shape index (κ3) is 4.50. The van der Waals surface area contributed by atoms with Crippen molar-refractivity contribution in [2.24, 2.45) is 0 Å². The van der Waals surface area contributed by atoms with Gasteiger partial charge in [0, 0.05) is 48.8 Å². The fourth-order valence-corrected chi connectivity index (χ4v) is 3.20. The number of benzene rings is 1. The molecule has 1 aromatic heterocycles. The number of piperazine rings is 1. The molecule has 3 rings (SSSR count). The van der Waals surface area contributed by atoms with Crippen LogP contribution in [0.2, 0.25) is 10.0 Å². The number of hydrogen-bond donors (Lipinski definition) is 1. The molecule has 0 radical (unpaired) electrons. The first kappa shape index (κ1) is 17.3. The first-order valence-electron chi connectivity index (χ1n) is 8.05. The molecule has 0 unspecified atom stereocenters. The summed E-state index contributed by atoms with van der Waals surface area (Å²) in [4.78, 5) is 13.3. The van der Waals surface area contributed by atoms with Crippen LogP contribution in [-0.2, 0) is 6.42 Å². The maximum absolute atomic E-state index is 6.20. The summed E-state index contributed by atoms with van der Waals surface area (Å²) in [6, 6.07) is 7.60. The topological polar surface area (TPSA) is 44.3 Å². The number of nitrogens with one attached hydrogen (secondary N) is 1. The SMILES string of the molecule is CN1CCN(c2cc(NCCc3ccc(Cl)cc3Cl)ncn2)CC1. The summed E-state index contributed by atoms with van der Waals surface area (Å²) in [5.41, 5.74) is 1.07. The second-order valence-electron chi connectivity index (χ2n) is 5.96. The summed E-state index contributed by atoms with van der Waals surface area (Å²) in [7, 11) is 2.15. The van der Waals surface area contributed by atoms with Gasteiger partial charge in [-0.15, -0.1) is 0 Å². The number of rotatable bonds is 5. The van der Waals surface area contributed by atoms with Crippen LogP contribution in [0.1, 0.15) is 5.56 Å². The van der Waals surface area contributed by atoms with Crippen LogP contribution in [0, 0.1) is 0 Å². The van der Waals surface area contributed by atoms with Crippen molar-refractivity contribution in [2.45, 2.75) is 6.42 Å². The predicted octanol–water partition coefficient (Wildman–Crippen LogP) is 3.19. The van der Waals surface area contributed by atoms with Gasteiger partial charge in [0.1, 0.15) is 18.0 Å². The Morgan fingerprint density at radius 3 is 2.62 bits per heavy atom. The van der Waals surface area contributed by atoms with E-state index in [1.807, 2.05) is 18.2 Å². The lowest BCUT2D eigenvalue weighted by Gasteiger charge is -2.33. The minimum Gasteiger partial charge on any atom is -0.370 e. The highest BCUT2D eigenvalue weighted by atomic mass is 35.5. The van der Waals surface area contributed by atoms with Crippen LogP contribution in [0.3, 0.4) is 0 Å². The van der Waals surface area contributed by atoms with Crippen molar-refractivity contribution >= 4 is 34.8 Å². The predicted molar refractivity (Wildman–Crippen MR) is 100 cm³/mol. The fourth-order valence-electron chi connectivity index (χ4n) is 2.70. The molecule has 0 bridgehead atoms. The van der Waals surface area contributed by atoms with Crippen molar-refractivity contribution < 1.29 is 0 Å². The van der Waals surface area contributed by atoms with E-state index in [1.165, 1.54) is 0 Å². The lowest BCUT2D eigenvalue weighted by molar-refractivity contribution is 0.312. The Bertz CT molecular complexity index is 686. The normalized spacial score (nSPS) is 15.5. The first-order chi connectivity index (χ1) is 11.6. The average molecular weight is 366 g/mol. The van der Waals surface area contributed by atoms with Gasteiger partial charge in [-0.2, -0.15) is 0 Å². The van der Waals surface area contributed by atoms with E-state index in [0.29, 0.717) is 10.0 Å². The summed E-state index contributed by atoms with van der Waals surface area (Å²) in [6.45, 7) is 4.85. The van der Waals surface area contributed by atoms with Gasteiger partial charge < -0.3 is 15.1 Å². The molecule has 24 heavy (non-hydrogen) atoms. The lowest BCUT2D eigenvalue weighted by atomic mass is 10.1. The van der Waals surface area contributed by atoms with Crippen LogP contribution in [0.4, 0.5) is 11.6 Å². The minimum atomic E-state index is 0.657. The summed E-state index contributed by atoms with van der Waals surface area (Å²) in [5.74, 6) is 1.81. The molecule has 1 aliphatic rings. The number of nitrogens with zero attached hydrogens (tertiary/aromatic N) is 4. The average Bonchev–Trinajstić information content (AvgIpc) is 2.58. The van der Waals surface area contributed by atoms with Crippen molar-refractivity contribution in [1.82, 2.24) is 14.9 Å². The molecule has 1 aromatic carbocycles. The molecule has 1 N–H and O–H groups in total. The Hall–Kier alpha value is -1.56. The van der Waals surface area contributed by atoms with Gasteiger partial charge in [0.25, 0.3) is 0 Å². The Kier molecular flexibility index (Phi) is 5.76. The summed E-state index contributed by atoms with van der Waals surface area (Å²) in [5, 5.41) is 4.70. The number of halogens is 2. The van der Waals surface area contributed by atoms with Crippen LogP contribution in [0.25, 0.3) is 0 Å². The molecule has 0 saturated carbocycles. The molecule has 0 amide bonds. The van der Waals surface area contributed by atoms with E-state index in [4.69, 9.17) is 23.2 Å². The summed E-state index contributed by atoms with van der Waals surface area (Å²) >= 11 is 12.1. The molecule has 5 nitrogen and oxygen atoms in total. The second-order valence-corrected chi connectivity index (χ2v) is 6.81. The number of anilines is 2. The minimum absolute atomic E-state index is 0.657. The molecular formula is C17H21Cl2N5. The standard InChI is InChI=1S/C17H21Cl2N5/c1-23-6-8-24(9-7-23)17-11-16(21-12-22-17)20-5-4-13-2-3-14(18)10-15(13)19/h2-3,10-12H,4-9H2,1H3,(H,20,21,22). The quantitative estimate of drug-likeness (QED) is 0.881. The maximum Gasteiger partial charge on any atom is 0.134 e. The van der Waals surface area contributed by atoms with Crippen LogP contribution < -0.4 is 10.2 Å². The summed E-state index contributed by atoms with van der Waals surface area (Å²) in [6.07, 6.45) is 2.43. The van der Waals surface area contributed by atoms with E-state index in [2.05, 4.69) is 32.1 Å². The highest BCUT2D eigenvalue weighted by Gasteiger charge is 2.15. The lowest BCUT2D eigenvalue weighted by Crippen LogP contribution is -2.44. The largest absolute Gasteiger partial charge is 0.370 e. The van der Waals surface area contributed by atoms with Crippen molar-refractivity contribution in [1.29, 1.82) is 0 Å². The number of hydrogen-bond acceptors (Lipinski definition) is 5. The molecule has 2 aromatic rings. The van der Waals surface area contributed by atoms with E-state index in [9.17, 15) is 0 Å². The Morgan fingerprint density at radius 1 is 1.08 bits per heavy atom. The van der Waals surface area contributed by atoms with Crippen LogP contribution >= 0.6 is 23.2 Å². The first-order valence-corrected chi connectivity index (χ1v) is 8.81. The molecule has 0 atom stereocenters. The zero-order valence-corrected chi connectivity index (χ0v) is 15.2. The van der Waals surface area contributed by atoms with Gasteiger partial charge >= 0.3 is 0 Å². The molecule has 2 heterocycles. The van der Waals surface area contributed by atoms with Crippen LogP contribution in [0.15, 0.2) is 30.6 Å². The smallest absolute Gasteiger partial charge is 0.134 e. The van der Waals surface area contributed by atoms with Crippen molar-refractivity contribution in [3.05, 3.63) is 46.2 Å². The Labute approximate surface area is 152 Å². The van der Waals surface area contributed by atoms with Gasteiger partial charge in [0.2, 0.25) is 0 Å². The number of likely N-dealkylation sites (N-methyl/N-ethyl adjacent to an activating group) is 1. The van der Waals surface area contributed by atoms with Gasteiger partial charge in [0.05, 0.1) is 0 Å². The molecule has 1 saturated heterocycles. The van der Waals surface area contributed by atoms with E-state index < -0.39 is 0 Å². The van der Waals surface area contributed by atoms with E-state index in [-0.39, 0.29) is 0 Å². The molecule has 7 heteroatoms. The Morgan fingerprint density at radius 2 is 1.88 bits per heavy atom. The zero-order chi connectivity index (χ0) is 16.9. The third-order valence-corrected chi connectivity index (χ3v) is 4.78. The van der Waals surface area contributed by atoms with E-state index in [0.717, 1.165) is 56.3 Å². The molecule has 0 aliphatic carbocycles. The van der Waals surface area contributed by atoms with Crippen LogP contribution in [0.5, 0.6) is 0 Å². The van der Waals surface area contributed by atoms with Gasteiger partial charge in [-0.25, -0.2) is 9.97 Å². The van der Waals surface area contributed by atoms with Gasteiger partial charge in [-0.05, 0) is 31.2 Å². The molecule has 0 spiro atoms. The Balaban J connectivity index is 1.56. The molecule has 128 valence electrons.